The van der Waals surface area contributed by atoms with Crippen molar-refractivity contribution in [2.75, 3.05) is 0 Å². The van der Waals surface area contributed by atoms with Crippen molar-refractivity contribution in [1.82, 2.24) is 0 Å². The SMILES string of the molecule is CC(CCC(=O)O)c1ccc(O)cc1O. The van der Waals surface area contributed by atoms with E-state index in [4.69, 9.17) is 10.2 Å². The van der Waals surface area contributed by atoms with Crippen LogP contribution in [0.5, 0.6) is 11.5 Å². The summed E-state index contributed by atoms with van der Waals surface area (Å²) in [6.45, 7) is 1.84. The van der Waals surface area contributed by atoms with Crippen molar-refractivity contribution < 1.29 is 20.1 Å². The first-order chi connectivity index (χ1) is 7.00. The second-order valence-corrected chi connectivity index (χ2v) is 3.58. The normalized spacial score (nSPS) is 12.3. The van der Waals surface area contributed by atoms with Gasteiger partial charge in [-0.1, -0.05) is 13.0 Å². The Kier molecular flexibility index (Phi) is 3.55. The van der Waals surface area contributed by atoms with Crippen LogP contribution in [0.4, 0.5) is 0 Å². The minimum atomic E-state index is -0.847. The molecule has 1 unspecified atom stereocenters. The summed E-state index contributed by atoms with van der Waals surface area (Å²) in [6.07, 6.45) is 0.537. The van der Waals surface area contributed by atoms with Gasteiger partial charge in [0.2, 0.25) is 0 Å². The van der Waals surface area contributed by atoms with Crippen molar-refractivity contribution in [2.45, 2.75) is 25.7 Å². The van der Waals surface area contributed by atoms with Crippen molar-refractivity contribution in [3.8, 4) is 11.5 Å². The van der Waals surface area contributed by atoms with Crippen LogP contribution < -0.4 is 0 Å². The van der Waals surface area contributed by atoms with E-state index in [1.54, 1.807) is 6.07 Å². The Morgan fingerprint density at radius 1 is 1.40 bits per heavy atom. The summed E-state index contributed by atoms with van der Waals surface area (Å²) < 4.78 is 0. The number of carbonyl (C=O) groups is 1. The van der Waals surface area contributed by atoms with Crippen LogP contribution in [0.25, 0.3) is 0 Å². The zero-order valence-electron chi connectivity index (χ0n) is 8.47. The molecule has 4 heteroatoms. The van der Waals surface area contributed by atoms with Crippen LogP contribution in [0.15, 0.2) is 18.2 Å². The third-order valence-electron chi connectivity index (χ3n) is 2.34. The fourth-order valence-electron chi connectivity index (χ4n) is 1.44. The summed E-state index contributed by atoms with van der Waals surface area (Å²) >= 11 is 0. The number of aliphatic carboxylic acids is 1. The zero-order chi connectivity index (χ0) is 11.4. The van der Waals surface area contributed by atoms with Crippen molar-refractivity contribution in [3.63, 3.8) is 0 Å². The lowest BCUT2D eigenvalue weighted by Crippen LogP contribution is -2.00. The first-order valence-corrected chi connectivity index (χ1v) is 4.74. The lowest BCUT2D eigenvalue weighted by Gasteiger charge is -2.12. The average Bonchev–Trinajstić information content (AvgIpc) is 2.14. The lowest BCUT2D eigenvalue weighted by atomic mass is 9.95. The highest BCUT2D eigenvalue weighted by molar-refractivity contribution is 5.66. The molecule has 0 spiro atoms. The average molecular weight is 210 g/mol. The van der Waals surface area contributed by atoms with Gasteiger partial charge < -0.3 is 15.3 Å². The van der Waals surface area contributed by atoms with Gasteiger partial charge >= 0.3 is 5.97 Å². The van der Waals surface area contributed by atoms with Gasteiger partial charge in [-0.25, -0.2) is 0 Å². The van der Waals surface area contributed by atoms with Crippen LogP contribution in [0.1, 0.15) is 31.2 Å². The first-order valence-electron chi connectivity index (χ1n) is 4.74. The number of phenolic OH excluding ortho intramolecular Hbond substituents is 2. The summed E-state index contributed by atoms with van der Waals surface area (Å²) in [4.78, 5) is 10.4. The predicted molar refractivity (Wildman–Crippen MR) is 55.1 cm³/mol. The highest BCUT2D eigenvalue weighted by Crippen LogP contribution is 2.31. The molecule has 82 valence electrons. The number of aromatic hydroxyl groups is 2. The minimum absolute atomic E-state index is 0.00156. The van der Waals surface area contributed by atoms with Gasteiger partial charge in [0.15, 0.2) is 0 Å². The summed E-state index contributed by atoms with van der Waals surface area (Å²) in [7, 11) is 0. The molecule has 15 heavy (non-hydrogen) atoms. The summed E-state index contributed by atoms with van der Waals surface area (Å²) in [5, 5.41) is 27.1. The second kappa shape index (κ2) is 4.68. The Balaban J connectivity index is 2.73. The number of hydrogen-bond donors (Lipinski definition) is 3. The number of carboxylic acid groups (broad SMARTS) is 1. The van der Waals surface area contributed by atoms with Crippen molar-refractivity contribution >= 4 is 5.97 Å². The lowest BCUT2D eigenvalue weighted by molar-refractivity contribution is -0.137. The van der Waals surface area contributed by atoms with Crippen LogP contribution in [0.3, 0.4) is 0 Å². The van der Waals surface area contributed by atoms with E-state index in [1.807, 2.05) is 6.92 Å². The first kappa shape index (κ1) is 11.4. The van der Waals surface area contributed by atoms with E-state index < -0.39 is 5.97 Å². The molecule has 3 N–H and O–H groups in total. The van der Waals surface area contributed by atoms with Crippen LogP contribution in [0.2, 0.25) is 0 Å². The van der Waals surface area contributed by atoms with E-state index in [1.165, 1.54) is 12.1 Å². The van der Waals surface area contributed by atoms with Gasteiger partial charge in [0, 0.05) is 12.5 Å². The van der Waals surface area contributed by atoms with Gasteiger partial charge in [-0.15, -0.1) is 0 Å². The molecule has 1 aromatic rings. The van der Waals surface area contributed by atoms with Crippen molar-refractivity contribution in [2.24, 2.45) is 0 Å². The standard InChI is InChI=1S/C11H14O4/c1-7(2-5-11(14)15)9-4-3-8(12)6-10(9)13/h3-4,6-7,12-13H,2,5H2,1H3,(H,14,15). The smallest absolute Gasteiger partial charge is 0.303 e. The topological polar surface area (TPSA) is 77.8 Å². The Hall–Kier alpha value is -1.71. The predicted octanol–water partition coefficient (Wildman–Crippen LogP) is 2.07. The molecule has 1 aromatic carbocycles. The summed E-state index contributed by atoms with van der Waals surface area (Å²) in [5.41, 5.74) is 0.661. The van der Waals surface area contributed by atoms with E-state index in [-0.39, 0.29) is 23.8 Å². The molecule has 0 aliphatic rings. The van der Waals surface area contributed by atoms with Gasteiger partial charge in [0.05, 0.1) is 0 Å². The van der Waals surface area contributed by atoms with E-state index >= 15 is 0 Å². The van der Waals surface area contributed by atoms with E-state index in [0.29, 0.717) is 12.0 Å². The van der Waals surface area contributed by atoms with E-state index in [0.717, 1.165) is 0 Å². The Morgan fingerprint density at radius 3 is 2.60 bits per heavy atom. The van der Waals surface area contributed by atoms with Crippen LogP contribution in [0, 0.1) is 0 Å². The van der Waals surface area contributed by atoms with Crippen molar-refractivity contribution in [3.05, 3.63) is 23.8 Å². The third kappa shape index (κ3) is 3.16. The molecule has 0 amide bonds. The molecule has 0 fully saturated rings. The molecule has 0 radical (unpaired) electrons. The van der Waals surface area contributed by atoms with Gasteiger partial charge in [0.1, 0.15) is 11.5 Å². The molecule has 4 nitrogen and oxygen atoms in total. The molecule has 0 aromatic heterocycles. The van der Waals surface area contributed by atoms with Gasteiger partial charge in [-0.3, -0.25) is 4.79 Å². The summed E-state index contributed by atoms with van der Waals surface area (Å²) in [5.74, 6) is -0.878. The Bertz CT molecular complexity index is 360. The number of carboxylic acids is 1. The molecule has 1 atom stereocenters. The zero-order valence-corrected chi connectivity index (χ0v) is 8.47. The summed E-state index contributed by atoms with van der Waals surface area (Å²) in [6, 6.07) is 4.34. The van der Waals surface area contributed by atoms with E-state index in [9.17, 15) is 9.90 Å². The van der Waals surface area contributed by atoms with Crippen LogP contribution in [-0.4, -0.2) is 21.3 Å². The fraction of sp³-hybridized carbons (Fsp3) is 0.364. The number of hydrogen-bond acceptors (Lipinski definition) is 3. The quantitative estimate of drug-likeness (QED) is 0.710. The number of phenols is 2. The third-order valence-corrected chi connectivity index (χ3v) is 2.34. The second-order valence-electron chi connectivity index (χ2n) is 3.58. The molecule has 0 bridgehead atoms. The molecule has 0 heterocycles. The van der Waals surface area contributed by atoms with Gasteiger partial charge in [-0.05, 0) is 24.0 Å². The molecule has 0 aliphatic carbocycles. The number of rotatable bonds is 4. The molecule has 1 rings (SSSR count). The minimum Gasteiger partial charge on any atom is -0.508 e. The fourth-order valence-corrected chi connectivity index (χ4v) is 1.44. The molecule has 0 saturated heterocycles. The maximum absolute atomic E-state index is 10.4. The monoisotopic (exact) mass is 210 g/mol. The Morgan fingerprint density at radius 2 is 2.07 bits per heavy atom. The maximum atomic E-state index is 10.4. The number of benzene rings is 1. The van der Waals surface area contributed by atoms with Crippen molar-refractivity contribution in [1.29, 1.82) is 0 Å². The maximum Gasteiger partial charge on any atom is 0.303 e. The molecule has 0 aliphatic heterocycles. The molecular weight excluding hydrogens is 196 g/mol. The molecular formula is C11H14O4. The molecule has 0 saturated carbocycles. The van der Waals surface area contributed by atoms with Gasteiger partial charge in [-0.2, -0.15) is 0 Å². The highest BCUT2D eigenvalue weighted by atomic mass is 16.4. The Labute approximate surface area is 87.8 Å². The highest BCUT2D eigenvalue weighted by Gasteiger charge is 2.12. The van der Waals surface area contributed by atoms with Gasteiger partial charge in [0.25, 0.3) is 0 Å². The van der Waals surface area contributed by atoms with Crippen LogP contribution in [-0.2, 0) is 4.79 Å². The largest absolute Gasteiger partial charge is 0.508 e. The van der Waals surface area contributed by atoms with Crippen LogP contribution >= 0.6 is 0 Å². The van der Waals surface area contributed by atoms with E-state index in [2.05, 4.69) is 0 Å².